The maximum Gasteiger partial charge on any atom is 0.123 e. The van der Waals surface area contributed by atoms with Crippen molar-refractivity contribution < 1.29 is 4.39 Å². The molecule has 2 aromatic rings. The van der Waals surface area contributed by atoms with Crippen molar-refractivity contribution in [1.82, 2.24) is 0 Å². The van der Waals surface area contributed by atoms with Crippen LogP contribution in [0.1, 0.15) is 63.4 Å². The predicted molar refractivity (Wildman–Crippen MR) is 120 cm³/mol. The van der Waals surface area contributed by atoms with Gasteiger partial charge in [-0.15, -0.1) is 0 Å². The van der Waals surface area contributed by atoms with Crippen molar-refractivity contribution in [2.24, 2.45) is 11.8 Å². The van der Waals surface area contributed by atoms with Gasteiger partial charge >= 0.3 is 0 Å². The second-order valence-corrected chi connectivity index (χ2v) is 12.0. The topological polar surface area (TPSA) is 0 Å². The van der Waals surface area contributed by atoms with Crippen LogP contribution in [0.25, 0.3) is 11.1 Å². The van der Waals surface area contributed by atoms with Crippen LogP contribution >= 0.6 is 0 Å². The van der Waals surface area contributed by atoms with E-state index in [-0.39, 0.29) is 14.6 Å². The van der Waals surface area contributed by atoms with Crippen molar-refractivity contribution in [3.63, 3.8) is 0 Å². The molecule has 2 aromatic carbocycles. The average molecular weight is 394 g/mol. The summed E-state index contributed by atoms with van der Waals surface area (Å²) < 4.78 is 13.3. The van der Waals surface area contributed by atoms with Gasteiger partial charge in [-0.05, 0) is 72.3 Å². The largest absolute Gasteiger partial charge is 0.207 e. The Balaban J connectivity index is 1.39. The molecular formula is C26H34FSi. The Hall–Kier alpha value is -1.41. The zero-order valence-electron chi connectivity index (χ0n) is 17.3. The van der Waals surface area contributed by atoms with Crippen LogP contribution in [-0.4, -0.2) is 8.80 Å². The second kappa shape index (κ2) is 9.39. The van der Waals surface area contributed by atoms with Crippen molar-refractivity contribution in [2.45, 2.75) is 75.9 Å². The lowest BCUT2D eigenvalue weighted by Crippen LogP contribution is -2.28. The molecule has 0 bridgehead atoms. The van der Waals surface area contributed by atoms with Crippen molar-refractivity contribution in [3.8, 4) is 11.1 Å². The molecule has 4 rings (SSSR count). The highest BCUT2D eigenvalue weighted by atomic mass is 28.3. The molecule has 0 atom stereocenters. The molecule has 0 aromatic heterocycles. The van der Waals surface area contributed by atoms with Crippen molar-refractivity contribution >= 4 is 8.80 Å². The summed E-state index contributed by atoms with van der Waals surface area (Å²) >= 11 is 0. The Morgan fingerprint density at radius 1 is 0.821 bits per heavy atom. The van der Waals surface area contributed by atoms with Crippen LogP contribution in [0.2, 0.25) is 18.1 Å². The van der Waals surface area contributed by atoms with Crippen molar-refractivity contribution in [3.05, 3.63) is 59.9 Å². The summed E-state index contributed by atoms with van der Waals surface area (Å²) in [6.45, 7) is 2.36. The van der Waals surface area contributed by atoms with Gasteiger partial charge < -0.3 is 0 Å². The van der Waals surface area contributed by atoms with Crippen LogP contribution in [0.3, 0.4) is 0 Å². The lowest BCUT2D eigenvalue weighted by molar-refractivity contribution is 0.216. The first-order valence-corrected chi connectivity index (χ1v) is 13.5. The molecule has 0 amide bonds. The van der Waals surface area contributed by atoms with E-state index >= 15 is 0 Å². The van der Waals surface area contributed by atoms with Crippen LogP contribution in [0.15, 0.2) is 48.5 Å². The van der Waals surface area contributed by atoms with Gasteiger partial charge in [0.2, 0.25) is 0 Å². The summed E-state index contributed by atoms with van der Waals surface area (Å²) in [5.41, 5.74) is 3.93. The van der Waals surface area contributed by atoms with E-state index in [1.54, 1.807) is 30.3 Å². The fraction of sp³-hybridized carbons (Fsp3) is 0.538. The Labute approximate surface area is 172 Å². The van der Waals surface area contributed by atoms with Crippen LogP contribution in [0.5, 0.6) is 0 Å². The van der Waals surface area contributed by atoms with Gasteiger partial charge in [0, 0.05) is 8.80 Å². The highest BCUT2D eigenvalue weighted by molar-refractivity contribution is 6.58. The molecule has 2 aliphatic rings. The van der Waals surface area contributed by atoms with E-state index in [9.17, 15) is 4.39 Å². The number of rotatable bonds is 5. The summed E-state index contributed by atoms with van der Waals surface area (Å²) in [6.07, 6.45) is 9.91. The SMILES string of the molecule is CCC[Si]1CCC(C2CCC(c3ccccc3-c3ccc(F)cc3)CC2)CC1. The first-order valence-electron chi connectivity index (χ1n) is 11.4. The first-order chi connectivity index (χ1) is 13.7. The quantitative estimate of drug-likeness (QED) is 0.450. The number of halogens is 1. The van der Waals surface area contributed by atoms with Crippen LogP contribution in [-0.2, 0) is 0 Å². The summed E-state index contributed by atoms with van der Waals surface area (Å²) in [4.78, 5) is 0. The van der Waals surface area contributed by atoms with Gasteiger partial charge in [0.25, 0.3) is 0 Å². The van der Waals surface area contributed by atoms with Crippen molar-refractivity contribution in [1.29, 1.82) is 0 Å². The molecule has 1 heterocycles. The Morgan fingerprint density at radius 3 is 2.14 bits per heavy atom. The first kappa shape index (κ1) is 19.9. The van der Waals surface area contributed by atoms with E-state index in [0.717, 1.165) is 17.4 Å². The van der Waals surface area contributed by atoms with Crippen LogP contribution in [0, 0.1) is 17.7 Å². The standard InChI is InChI=1S/C26H34FSi/c1-2-17-28-18-15-21(16-19-28)20-7-9-22(10-8-20)25-5-3-4-6-26(25)23-11-13-24(27)14-12-23/h3-6,11-14,20-22H,2,7-10,15-19H2,1H3. The zero-order valence-corrected chi connectivity index (χ0v) is 18.3. The molecule has 2 heteroatoms. The highest BCUT2D eigenvalue weighted by Gasteiger charge is 2.32. The molecule has 1 saturated heterocycles. The molecule has 1 aliphatic heterocycles. The van der Waals surface area contributed by atoms with Gasteiger partial charge in [-0.1, -0.05) is 80.7 Å². The molecule has 1 aliphatic carbocycles. The van der Waals surface area contributed by atoms with Gasteiger partial charge in [0.1, 0.15) is 5.82 Å². The summed E-state index contributed by atoms with van der Waals surface area (Å²) in [6, 6.07) is 20.5. The van der Waals surface area contributed by atoms with E-state index in [1.807, 2.05) is 12.1 Å². The molecule has 1 radical (unpaired) electrons. The normalized spacial score (nSPS) is 24.4. The van der Waals surface area contributed by atoms with Crippen LogP contribution in [0.4, 0.5) is 4.39 Å². The Morgan fingerprint density at radius 2 is 1.46 bits per heavy atom. The average Bonchev–Trinajstić information content (AvgIpc) is 2.75. The van der Waals surface area contributed by atoms with E-state index in [1.165, 1.54) is 56.1 Å². The summed E-state index contributed by atoms with van der Waals surface area (Å²) in [5.74, 6) is 2.50. The molecule has 0 N–H and O–H groups in total. The molecule has 1 saturated carbocycles. The molecule has 0 unspecified atom stereocenters. The van der Waals surface area contributed by atoms with Crippen molar-refractivity contribution in [2.75, 3.05) is 0 Å². The van der Waals surface area contributed by atoms with E-state index in [4.69, 9.17) is 0 Å². The lowest BCUT2D eigenvalue weighted by Gasteiger charge is -2.38. The summed E-state index contributed by atoms with van der Waals surface area (Å²) in [7, 11) is 0.0120. The van der Waals surface area contributed by atoms with Gasteiger partial charge in [0.05, 0.1) is 0 Å². The van der Waals surface area contributed by atoms with E-state index < -0.39 is 0 Å². The van der Waals surface area contributed by atoms with Gasteiger partial charge in [0.15, 0.2) is 0 Å². The maximum atomic E-state index is 13.3. The molecule has 28 heavy (non-hydrogen) atoms. The molecule has 0 spiro atoms. The molecule has 149 valence electrons. The third-order valence-electron chi connectivity index (χ3n) is 7.34. The third-order valence-corrected chi connectivity index (χ3v) is 10.5. The fourth-order valence-corrected chi connectivity index (χ4v) is 8.79. The number of hydrogen-bond acceptors (Lipinski definition) is 0. The molecule has 0 nitrogen and oxygen atoms in total. The smallest absolute Gasteiger partial charge is 0.123 e. The lowest BCUT2D eigenvalue weighted by atomic mass is 9.71. The predicted octanol–water partition coefficient (Wildman–Crippen LogP) is 8.08. The van der Waals surface area contributed by atoms with Gasteiger partial charge in [-0.25, -0.2) is 4.39 Å². The maximum absolute atomic E-state index is 13.3. The Kier molecular flexibility index (Phi) is 6.67. The monoisotopic (exact) mass is 393 g/mol. The minimum atomic E-state index is -0.155. The van der Waals surface area contributed by atoms with E-state index in [0.29, 0.717) is 5.92 Å². The van der Waals surface area contributed by atoms with Gasteiger partial charge in [-0.3, -0.25) is 0 Å². The number of hydrogen-bond donors (Lipinski definition) is 0. The Bertz CT molecular complexity index is 737. The minimum Gasteiger partial charge on any atom is -0.207 e. The van der Waals surface area contributed by atoms with Gasteiger partial charge in [-0.2, -0.15) is 0 Å². The second-order valence-electron chi connectivity index (χ2n) is 9.04. The third kappa shape index (κ3) is 4.59. The zero-order chi connectivity index (χ0) is 19.3. The minimum absolute atomic E-state index is 0.0120. The number of benzene rings is 2. The van der Waals surface area contributed by atoms with Crippen LogP contribution < -0.4 is 0 Å². The fourth-order valence-electron chi connectivity index (χ4n) is 5.77. The molecular weight excluding hydrogens is 359 g/mol. The summed E-state index contributed by atoms with van der Waals surface area (Å²) in [5, 5.41) is 0. The highest BCUT2D eigenvalue weighted by Crippen LogP contribution is 2.45. The molecule has 2 fully saturated rings. The van der Waals surface area contributed by atoms with E-state index in [2.05, 4.69) is 31.2 Å².